The average molecular weight is 296 g/mol. The molecule has 2 aromatic rings. The lowest BCUT2D eigenvalue weighted by Crippen LogP contribution is -2.09. The second kappa shape index (κ2) is 6.22. The summed E-state index contributed by atoms with van der Waals surface area (Å²) in [5.41, 5.74) is 3.44. The van der Waals surface area contributed by atoms with Crippen LogP contribution in [0.2, 0.25) is 0 Å². The number of fused-ring (bicyclic) bond motifs is 1. The van der Waals surface area contributed by atoms with Gasteiger partial charge in [0.05, 0.1) is 24.8 Å². The van der Waals surface area contributed by atoms with Crippen molar-refractivity contribution in [1.29, 1.82) is 0 Å². The first-order valence-electron chi connectivity index (χ1n) is 7.64. The quantitative estimate of drug-likeness (QED) is 0.805. The van der Waals surface area contributed by atoms with Gasteiger partial charge in [-0.3, -0.25) is 4.79 Å². The summed E-state index contributed by atoms with van der Waals surface area (Å²) < 4.78 is 11.2. The molecule has 3 rings (SSSR count). The number of benzene rings is 2. The van der Waals surface area contributed by atoms with Crippen LogP contribution in [0.3, 0.4) is 0 Å². The fraction of sp³-hybridized carbons (Fsp3) is 0.316. The molecule has 22 heavy (non-hydrogen) atoms. The van der Waals surface area contributed by atoms with Crippen LogP contribution < -0.4 is 9.47 Å². The summed E-state index contributed by atoms with van der Waals surface area (Å²) in [6, 6.07) is 11.4. The van der Waals surface area contributed by atoms with E-state index in [1.165, 1.54) is 0 Å². The Hall–Kier alpha value is -2.29. The van der Waals surface area contributed by atoms with Gasteiger partial charge in [0.1, 0.15) is 11.5 Å². The fourth-order valence-electron chi connectivity index (χ4n) is 2.94. The molecule has 114 valence electrons. The lowest BCUT2D eigenvalue weighted by molar-refractivity contribution is 0.103. The number of hydrogen-bond donors (Lipinski definition) is 0. The Morgan fingerprint density at radius 3 is 2.77 bits per heavy atom. The molecule has 2 aromatic carbocycles. The van der Waals surface area contributed by atoms with Gasteiger partial charge in [-0.05, 0) is 55.5 Å². The largest absolute Gasteiger partial charge is 0.496 e. The van der Waals surface area contributed by atoms with E-state index < -0.39 is 0 Å². The van der Waals surface area contributed by atoms with Crippen LogP contribution in [0.5, 0.6) is 11.5 Å². The van der Waals surface area contributed by atoms with E-state index in [0.717, 1.165) is 36.1 Å². The van der Waals surface area contributed by atoms with Crippen LogP contribution in [0, 0.1) is 6.92 Å². The highest BCUT2D eigenvalue weighted by molar-refractivity contribution is 6.12. The van der Waals surface area contributed by atoms with E-state index in [9.17, 15) is 4.79 Å². The molecule has 0 unspecified atom stereocenters. The molecular formula is C19H20O3. The third-order valence-electron chi connectivity index (χ3n) is 3.99. The van der Waals surface area contributed by atoms with Gasteiger partial charge in [0.25, 0.3) is 0 Å². The third-order valence-corrected chi connectivity index (χ3v) is 3.99. The molecule has 0 amide bonds. The molecule has 1 aliphatic heterocycles. The molecule has 1 aliphatic rings. The molecule has 0 N–H and O–H groups in total. The van der Waals surface area contributed by atoms with Crippen molar-refractivity contribution >= 4 is 5.78 Å². The Kier molecular flexibility index (Phi) is 4.14. The maximum Gasteiger partial charge on any atom is 0.200 e. The lowest BCUT2D eigenvalue weighted by Gasteiger charge is -2.15. The van der Waals surface area contributed by atoms with Gasteiger partial charge in [-0.15, -0.1) is 0 Å². The number of ether oxygens (including phenoxy) is 2. The van der Waals surface area contributed by atoms with Crippen molar-refractivity contribution in [2.75, 3.05) is 13.7 Å². The molecule has 0 bridgehead atoms. The Labute approximate surface area is 130 Å². The minimum absolute atomic E-state index is 0.0423. The van der Waals surface area contributed by atoms with Gasteiger partial charge in [0.2, 0.25) is 0 Å². The van der Waals surface area contributed by atoms with E-state index in [4.69, 9.17) is 9.47 Å². The van der Waals surface area contributed by atoms with Crippen molar-refractivity contribution in [2.45, 2.75) is 26.2 Å². The van der Waals surface area contributed by atoms with Crippen molar-refractivity contribution in [1.82, 2.24) is 0 Å². The molecule has 3 nitrogen and oxygen atoms in total. The van der Waals surface area contributed by atoms with E-state index in [0.29, 0.717) is 23.5 Å². The maximum absolute atomic E-state index is 13.0. The molecule has 0 fully saturated rings. The van der Waals surface area contributed by atoms with Crippen LogP contribution in [0.15, 0.2) is 36.4 Å². The molecule has 0 saturated heterocycles. The van der Waals surface area contributed by atoms with Crippen molar-refractivity contribution in [3.63, 3.8) is 0 Å². The first-order chi connectivity index (χ1) is 10.7. The van der Waals surface area contributed by atoms with E-state index >= 15 is 0 Å². The van der Waals surface area contributed by atoms with Gasteiger partial charge < -0.3 is 9.47 Å². The molecular weight excluding hydrogens is 276 g/mol. The number of carbonyl (C=O) groups excluding carboxylic acids is 1. The molecule has 0 aliphatic carbocycles. The molecule has 0 atom stereocenters. The van der Waals surface area contributed by atoms with Crippen LogP contribution >= 0.6 is 0 Å². The monoisotopic (exact) mass is 296 g/mol. The molecule has 0 saturated carbocycles. The topological polar surface area (TPSA) is 35.5 Å². The van der Waals surface area contributed by atoms with Gasteiger partial charge in [-0.25, -0.2) is 0 Å². The molecule has 1 heterocycles. The molecule has 3 heteroatoms. The first kappa shape index (κ1) is 14.6. The summed E-state index contributed by atoms with van der Waals surface area (Å²) in [6.45, 7) is 2.69. The van der Waals surface area contributed by atoms with Gasteiger partial charge in [0, 0.05) is 0 Å². The van der Waals surface area contributed by atoms with Crippen LogP contribution in [0.25, 0.3) is 0 Å². The normalized spacial score (nSPS) is 13.7. The van der Waals surface area contributed by atoms with E-state index in [-0.39, 0.29) is 5.78 Å². The Morgan fingerprint density at radius 2 is 1.95 bits per heavy atom. The second-order valence-electron chi connectivity index (χ2n) is 5.64. The van der Waals surface area contributed by atoms with E-state index in [1.54, 1.807) is 13.2 Å². The number of para-hydroxylation sites is 1. The highest BCUT2D eigenvalue weighted by Gasteiger charge is 2.22. The summed E-state index contributed by atoms with van der Waals surface area (Å²) in [5, 5.41) is 0. The molecule has 0 aromatic heterocycles. The summed E-state index contributed by atoms with van der Waals surface area (Å²) in [7, 11) is 1.58. The zero-order valence-corrected chi connectivity index (χ0v) is 13.0. The minimum Gasteiger partial charge on any atom is -0.496 e. The van der Waals surface area contributed by atoms with Gasteiger partial charge in [0.15, 0.2) is 5.78 Å². The van der Waals surface area contributed by atoms with E-state index in [1.807, 2.05) is 31.2 Å². The molecule has 0 spiro atoms. The lowest BCUT2D eigenvalue weighted by atomic mass is 9.95. The summed E-state index contributed by atoms with van der Waals surface area (Å²) in [5.74, 6) is 1.30. The molecule has 0 radical (unpaired) electrons. The number of ketones is 1. The Balaban J connectivity index is 2.11. The van der Waals surface area contributed by atoms with Crippen LogP contribution in [0.4, 0.5) is 0 Å². The number of aryl methyl sites for hydroxylation is 2. The first-order valence-corrected chi connectivity index (χ1v) is 7.64. The van der Waals surface area contributed by atoms with Crippen molar-refractivity contribution < 1.29 is 14.3 Å². The fourth-order valence-corrected chi connectivity index (χ4v) is 2.94. The van der Waals surface area contributed by atoms with Gasteiger partial charge in [-0.1, -0.05) is 18.2 Å². The standard InChI is InChI=1S/C19H20O3/c1-13-11-14-7-5-6-10-22-19(14)16(12-13)18(20)15-8-3-4-9-17(15)21-2/h3-4,8-9,11-12H,5-7,10H2,1-2H3. The highest BCUT2D eigenvalue weighted by Crippen LogP contribution is 2.33. The number of carbonyl (C=O) groups is 1. The number of methoxy groups -OCH3 is 1. The third kappa shape index (κ3) is 2.71. The van der Waals surface area contributed by atoms with E-state index in [2.05, 4.69) is 6.07 Å². The second-order valence-corrected chi connectivity index (χ2v) is 5.64. The van der Waals surface area contributed by atoms with Gasteiger partial charge in [-0.2, -0.15) is 0 Å². The number of hydrogen-bond acceptors (Lipinski definition) is 3. The highest BCUT2D eigenvalue weighted by atomic mass is 16.5. The summed E-state index contributed by atoms with van der Waals surface area (Å²) >= 11 is 0. The van der Waals surface area contributed by atoms with Crippen molar-refractivity contribution in [3.05, 3.63) is 58.7 Å². The Bertz CT molecular complexity index is 704. The van der Waals surface area contributed by atoms with Crippen molar-refractivity contribution in [2.24, 2.45) is 0 Å². The SMILES string of the molecule is COc1ccccc1C(=O)c1cc(C)cc2c1OCCCC2. The zero-order valence-electron chi connectivity index (χ0n) is 13.0. The van der Waals surface area contributed by atoms with Gasteiger partial charge >= 0.3 is 0 Å². The van der Waals surface area contributed by atoms with Crippen LogP contribution in [-0.2, 0) is 6.42 Å². The van der Waals surface area contributed by atoms with Crippen LogP contribution in [-0.4, -0.2) is 19.5 Å². The average Bonchev–Trinajstić information content (AvgIpc) is 2.78. The van der Waals surface area contributed by atoms with Crippen molar-refractivity contribution in [3.8, 4) is 11.5 Å². The Morgan fingerprint density at radius 1 is 1.14 bits per heavy atom. The smallest absolute Gasteiger partial charge is 0.200 e. The maximum atomic E-state index is 13.0. The van der Waals surface area contributed by atoms with Crippen LogP contribution in [0.1, 0.15) is 39.9 Å². The summed E-state index contributed by atoms with van der Waals surface area (Å²) in [6.07, 6.45) is 3.08. The zero-order chi connectivity index (χ0) is 15.5. The predicted octanol–water partition coefficient (Wildman–Crippen LogP) is 3.95. The minimum atomic E-state index is -0.0423. The number of rotatable bonds is 3. The predicted molar refractivity (Wildman–Crippen MR) is 86.0 cm³/mol. The summed E-state index contributed by atoms with van der Waals surface area (Å²) in [4.78, 5) is 13.0.